The Morgan fingerprint density at radius 1 is 0.789 bits per heavy atom. The zero-order valence-corrected chi connectivity index (χ0v) is 11.0. The standard InChI is InChI=1S/C19H16/c1-11-2-7-14-15-8-5-12-3-4-13-6-9-16(17(14)10-11)19(15)18(12)13/h2-10,14-17H,1H3. The topological polar surface area (TPSA) is 0 Å². The monoisotopic (exact) mass is 244 g/mol. The molecule has 0 spiro atoms. The summed E-state index contributed by atoms with van der Waals surface area (Å²) in [4.78, 5) is 0. The van der Waals surface area contributed by atoms with Crippen LogP contribution in [0.3, 0.4) is 0 Å². The van der Waals surface area contributed by atoms with Gasteiger partial charge in [-0.2, -0.15) is 0 Å². The van der Waals surface area contributed by atoms with E-state index in [1.807, 2.05) is 0 Å². The Labute approximate surface area is 113 Å². The van der Waals surface area contributed by atoms with Gasteiger partial charge in [-0.1, -0.05) is 60.3 Å². The van der Waals surface area contributed by atoms with Crippen molar-refractivity contribution in [2.45, 2.75) is 6.92 Å². The van der Waals surface area contributed by atoms with Crippen LogP contribution in [0.5, 0.6) is 0 Å². The SMILES string of the molecule is CC1=CC2C3C=CC4=CC=C5C=CC(C3=C54)C2C=C1. The molecule has 0 aliphatic heterocycles. The van der Waals surface area contributed by atoms with E-state index in [9.17, 15) is 0 Å². The first-order valence-corrected chi connectivity index (χ1v) is 7.23. The van der Waals surface area contributed by atoms with Crippen LogP contribution in [0.4, 0.5) is 0 Å². The van der Waals surface area contributed by atoms with Crippen molar-refractivity contribution in [2.24, 2.45) is 23.7 Å². The second-order valence-corrected chi connectivity index (χ2v) is 6.27. The summed E-state index contributed by atoms with van der Waals surface area (Å²) in [6, 6.07) is 0. The van der Waals surface area contributed by atoms with Crippen LogP contribution in [-0.2, 0) is 0 Å². The van der Waals surface area contributed by atoms with E-state index in [1.54, 1.807) is 11.1 Å². The van der Waals surface area contributed by atoms with Crippen LogP contribution in [-0.4, -0.2) is 0 Å². The Morgan fingerprint density at radius 2 is 1.47 bits per heavy atom. The Balaban J connectivity index is 1.77. The molecule has 0 nitrogen and oxygen atoms in total. The van der Waals surface area contributed by atoms with E-state index in [0.717, 1.165) is 0 Å². The smallest absolute Gasteiger partial charge is 0.00647 e. The summed E-state index contributed by atoms with van der Waals surface area (Å²) in [7, 11) is 0. The fourth-order valence-corrected chi connectivity index (χ4v) is 4.54. The minimum absolute atomic E-state index is 0.619. The van der Waals surface area contributed by atoms with Crippen molar-refractivity contribution in [1.82, 2.24) is 0 Å². The summed E-state index contributed by atoms with van der Waals surface area (Å²) >= 11 is 0. The molecule has 0 bridgehead atoms. The van der Waals surface area contributed by atoms with Gasteiger partial charge in [0.2, 0.25) is 0 Å². The molecule has 1 fully saturated rings. The predicted molar refractivity (Wildman–Crippen MR) is 78.3 cm³/mol. The van der Waals surface area contributed by atoms with Crippen molar-refractivity contribution in [3.05, 3.63) is 82.5 Å². The van der Waals surface area contributed by atoms with Crippen molar-refractivity contribution in [2.75, 3.05) is 0 Å². The van der Waals surface area contributed by atoms with Gasteiger partial charge >= 0.3 is 0 Å². The first-order chi connectivity index (χ1) is 9.33. The van der Waals surface area contributed by atoms with Crippen LogP contribution in [0.25, 0.3) is 0 Å². The fraction of sp³-hybridized carbons (Fsp3) is 0.263. The Hall–Kier alpha value is -1.82. The lowest BCUT2D eigenvalue weighted by Crippen LogP contribution is -2.15. The van der Waals surface area contributed by atoms with Crippen molar-refractivity contribution in [1.29, 1.82) is 0 Å². The molecule has 5 aliphatic rings. The van der Waals surface area contributed by atoms with Gasteiger partial charge < -0.3 is 0 Å². The molecule has 0 aromatic rings. The van der Waals surface area contributed by atoms with Crippen LogP contribution < -0.4 is 0 Å². The number of hydrogen-bond acceptors (Lipinski definition) is 0. The normalized spacial score (nSPS) is 39.9. The van der Waals surface area contributed by atoms with E-state index in [1.165, 1.54) is 16.7 Å². The van der Waals surface area contributed by atoms with Crippen molar-refractivity contribution in [3.8, 4) is 0 Å². The van der Waals surface area contributed by atoms with Gasteiger partial charge in [0.15, 0.2) is 0 Å². The maximum atomic E-state index is 2.49. The van der Waals surface area contributed by atoms with Crippen molar-refractivity contribution >= 4 is 0 Å². The first-order valence-electron chi connectivity index (χ1n) is 7.23. The molecule has 19 heavy (non-hydrogen) atoms. The molecule has 0 aromatic heterocycles. The number of allylic oxidation sites excluding steroid dienone is 14. The van der Waals surface area contributed by atoms with Crippen molar-refractivity contribution < 1.29 is 0 Å². The minimum atomic E-state index is 0.619. The third kappa shape index (κ3) is 1.11. The molecule has 0 aromatic carbocycles. The summed E-state index contributed by atoms with van der Waals surface area (Å²) in [6.07, 6.45) is 21.4. The third-order valence-electron chi connectivity index (χ3n) is 5.30. The molecule has 5 aliphatic carbocycles. The summed E-state index contributed by atoms with van der Waals surface area (Å²) in [5.41, 5.74) is 7.52. The zero-order chi connectivity index (χ0) is 12.6. The van der Waals surface area contributed by atoms with E-state index in [4.69, 9.17) is 0 Å². The average molecular weight is 244 g/mol. The largest absolute Gasteiger partial charge is 0.0796 e. The van der Waals surface area contributed by atoms with Crippen LogP contribution in [0, 0.1) is 23.7 Å². The first kappa shape index (κ1) is 10.0. The van der Waals surface area contributed by atoms with Gasteiger partial charge in [0.25, 0.3) is 0 Å². The fourth-order valence-electron chi connectivity index (χ4n) is 4.54. The van der Waals surface area contributed by atoms with Gasteiger partial charge in [0.05, 0.1) is 0 Å². The van der Waals surface area contributed by atoms with Gasteiger partial charge in [0.1, 0.15) is 0 Å². The summed E-state index contributed by atoms with van der Waals surface area (Å²) < 4.78 is 0. The van der Waals surface area contributed by atoms with Gasteiger partial charge in [-0.25, -0.2) is 0 Å². The molecule has 4 unspecified atom stereocenters. The molecular formula is C19H16. The van der Waals surface area contributed by atoms with E-state index in [0.29, 0.717) is 23.7 Å². The maximum absolute atomic E-state index is 2.49. The second-order valence-electron chi connectivity index (χ2n) is 6.27. The van der Waals surface area contributed by atoms with Crippen LogP contribution >= 0.6 is 0 Å². The third-order valence-corrected chi connectivity index (χ3v) is 5.30. The van der Waals surface area contributed by atoms with E-state index < -0.39 is 0 Å². The van der Waals surface area contributed by atoms with Crippen LogP contribution in [0.15, 0.2) is 82.5 Å². The number of rotatable bonds is 0. The van der Waals surface area contributed by atoms with E-state index in [2.05, 4.69) is 61.6 Å². The predicted octanol–water partition coefficient (Wildman–Crippen LogP) is 4.28. The van der Waals surface area contributed by atoms with Crippen molar-refractivity contribution in [3.63, 3.8) is 0 Å². The molecule has 4 atom stereocenters. The lowest BCUT2D eigenvalue weighted by molar-refractivity contribution is 0.459. The lowest BCUT2D eigenvalue weighted by atomic mass is 9.78. The maximum Gasteiger partial charge on any atom is 0.00647 e. The van der Waals surface area contributed by atoms with Gasteiger partial charge in [-0.05, 0) is 41.1 Å². The van der Waals surface area contributed by atoms with Gasteiger partial charge in [-0.15, -0.1) is 0 Å². The second kappa shape index (κ2) is 3.19. The number of fused-ring (bicyclic) bond motifs is 3. The Bertz CT molecular complexity index is 686. The van der Waals surface area contributed by atoms with Gasteiger partial charge in [-0.3, -0.25) is 0 Å². The summed E-state index contributed by atoms with van der Waals surface area (Å²) in [6.45, 7) is 2.22. The lowest BCUT2D eigenvalue weighted by Gasteiger charge is -2.26. The van der Waals surface area contributed by atoms with E-state index in [-0.39, 0.29) is 0 Å². The number of hydrogen-bond donors (Lipinski definition) is 0. The molecule has 0 heterocycles. The Morgan fingerprint density at radius 3 is 2.21 bits per heavy atom. The summed E-state index contributed by atoms with van der Waals surface area (Å²) in [5, 5.41) is 0. The minimum Gasteiger partial charge on any atom is -0.0796 e. The highest BCUT2D eigenvalue weighted by Gasteiger charge is 2.47. The van der Waals surface area contributed by atoms with Gasteiger partial charge in [0, 0.05) is 11.8 Å². The molecule has 0 heteroatoms. The molecule has 0 amide bonds. The average Bonchev–Trinajstić information content (AvgIpc) is 2.96. The molecule has 0 radical (unpaired) electrons. The highest BCUT2D eigenvalue weighted by molar-refractivity contribution is 5.70. The molecule has 1 saturated carbocycles. The van der Waals surface area contributed by atoms with E-state index >= 15 is 0 Å². The Kier molecular flexibility index (Phi) is 1.68. The highest BCUT2D eigenvalue weighted by Crippen LogP contribution is 2.57. The molecule has 92 valence electrons. The zero-order valence-electron chi connectivity index (χ0n) is 11.0. The summed E-state index contributed by atoms with van der Waals surface area (Å²) in [5.74, 6) is 2.57. The molecule has 0 N–H and O–H groups in total. The molecule has 5 rings (SSSR count). The quantitative estimate of drug-likeness (QED) is 0.596. The molecular weight excluding hydrogens is 228 g/mol. The molecule has 0 saturated heterocycles. The van der Waals surface area contributed by atoms with Crippen LogP contribution in [0.1, 0.15) is 6.92 Å². The highest BCUT2D eigenvalue weighted by atomic mass is 14.5. The van der Waals surface area contributed by atoms with Crippen LogP contribution in [0.2, 0.25) is 0 Å².